The van der Waals surface area contributed by atoms with Crippen LogP contribution in [0.1, 0.15) is 22.2 Å². The predicted octanol–water partition coefficient (Wildman–Crippen LogP) is 2.21. The second-order valence-corrected chi connectivity index (χ2v) is 5.72. The SMILES string of the molecule is CNC(=O)NC(=O)[C@H](C)OC(=O)c1sc2ccccc2c1C. The zero-order chi connectivity index (χ0) is 16.3. The standard InChI is InChI=1S/C15H16N2O4S/c1-8-10-6-4-5-7-11(10)22-12(8)14(19)21-9(2)13(18)17-15(20)16-3/h4-7,9H,1-3H3,(H2,16,17,18,20)/t9-/m0/s1. The zero-order valence-corrected chi connectivity index (χ0v) is 13.2. The molecule has 116 valence electrons. The molecule has 3 amide bonds. The number of esters is 1. The van der Waals surface area contributed by atoms with Crippen LogP contribution in [-0.2, 0) is 9.53 Å². The topological polar surface area (TPSA) is 84.5 Å². The van der Waals surface area contributed by atoms with Crippen molar-refractivity contribution < 1.29 is 19.1 Å². The molecule has 2 aromatic rings. The summed E-state index contributed by atoms with van der Waals surface area (Å²) in [7, 11) is 1.39. The summed E-state index contributed by atoms with van der Waals surface area (Å²) in [6.45, 7) is 3.25. The average molecular weight is 320 g/mol. The molecular formula is C15H16N2O4S. The monoisotopic (exact) mass is 320 g/mol. The van der Waals surface area contributed by atoms with Gasteiger partial charge in [0.1, 0.15) is 4.88 Å². The van der Waals surface area contributed by atoms with Crippen molar-refractivity contribution in [3.05, 3.63) is 34.7 Å². The number of rotatable bonds is 3. The highest BCUT2D eigenvalue weighted by Gasteiger charge is 2.23. The van der Waals surface area contributed by atoms with Crippen molar-refractivity contribution in [1.82, 2.24) is 10.6 Å². The van der Waals surface area contributed by atoms with E-state index >= 15 is 0 Å². The first-order valence-corrected chi connectivity index (χ1v) is 7.47. The van der Waals surface area contributed by atoms with E-state index in [0.717, 1.165) is 15.6 Å². The van der Waals surface area contributed by atoms with Crippen LogP contribution in [0.3, 0.4) is 0 Å². The van der Waals surface area contributed by atoms with Crippen LogP contribution in [0.5, 0.6) is 0 Å². The zero-order valence-electron chi connectivity index (χ0n) is 12.4. The molecule has 0 saturated heterocycles. The van der Waals surface area contributed by atoms with Gasteiger partial charge in [0.25, 0.3) is 5.91 Å². The lowest BCUT2D eigenvalue weighted by atomic mass is 10.1. The highest BCUT2D eigenvalue weighted by Crippen LogP contribution is 2.31. The average Bonchev–Trinajstić information content (AvgIpc) is 2.84. The lowest BCUT2D eigenvalue weighted by Crippen LogP contribution is -2.43. The largest absolute Gasteiger partial charge is 0.448 e. The predicted molar refractivity (Wildman–Crippen MR) is 84.0 cm³/mol. The van der Waals surface area contributed by atoms with E-state index in [1.54, 1.807) is 0 Å². The van der Waals surface area contributed by atoms with Crippen molar-refractivity contribution in [2.45, 2.75) is 20.0 Å². The molecular weight excluding hydrogens is 304 g/mol. The smallest absolute Gasteiger partial charge is 0.349 e. The van der Waals surface area contributed by atoms with Crippen molar-refractivity contribution in [3.8, 4) is 0 Å². The van der Waals surface area contributed by atoms with Gasteiger partial charge in [0.2, 0.25) is 0 Å². The van der Waals surface area contributed by atoms with Crippen molar-refractivity contribution in [2.24, 2.45) is 0 Å². The molecule has 0 unspecified atom stereocenters. The third-order valence-electron chi connectivity index (χ3n) is 3.15. The fourth-order valence-electron chi connectivity index (χ4n) is 1.91. The maximum Gasteiger partial charge on any atom is 0.349 e. The third kappa shape index (κ3) is 3.25. The summed E-state index contributed by atoms with van der Waals surface area (Å²) in [5.74, 6) is -1.25. The van der Waals surface area contributed by atoms with Crippen LogP contribution >= 0.6 is 11.3 Å². The van der Waals surface area contributed by atoms with Crippen LogP contribution in [0.4, 0.5) is 4.79 Å². The molecule has 0 radical (unpaired) electrons. The number of thiophene rings is 1. The first-order chi connectivity index (χ1) is 10.4. The van der Waals surface area contributed by atoms with Gasteiger partial charge in [-0.3, -0.25) is 10.1 Å². The Morgan fingerprint density at radius 1 is 1.23 bits per heavy atom. The maximum absolute atomic E-state index is 12.2. The molecule has 6 nitrogen and oxygen atoms in total. The number of hydrogen-bond donors (Lipinski definition) is 2. The number of urea groups is 1. The van der Waals surface area contributed by atoms with Gasteiger partial charge < -0.3 is 10.1 Å². The van der Waals surface area contributed by atoms with Crippen molar-refractivity contribution >= 4 is 39.3 Å². The number of carbonyl (C=O) groups excluding carboxylic acids is 3. The minimum Gasteiger partial charge on any atom is -0.448 e. The lowest BCUT2D eigenvalue weighted by Gasteiger charge is -2.12. The maximum atomic E-state index is 12.2. The van der Waals surface area contributed by atoms with E-state index in [-0.39, 0.29) is 0 Å². The number of aryl methyl sites for hydroxylation is 1. The minimum absolute atomic E-state index is 0.459. The van der Waals surface area contributed by atoms with Crippen LogP contribution in [0.15, 0.2) is 24.3 Å². The summed E-state index contributed by atoms with van der Waals surface area (Å²) in [6.07, 6.45) is -1.06. The number of carbonyl (C=O) groups is 3. The summed E-state index contributed by atoms with van der Waals surface area (Å²) in [6, 6.07) is 7.00. The Hall–Kier alpha value is -2.41. The normalized spacial score (nSPS) is 11.8. The first kappa shape index (κ1) is 16.0. The summed E-state index contributed by atoms with van der Waals surface area (Å²) in [5.41, 5.74) is 0.824. The number of hydrogen-bond acceptors (Lipinski definition) is 5. The highest BCUT2D eigenvalue weighted by molar-refractivity contribution is 7.21. The van der Waals surface area contributed by atoms with Gasteiger partial charge in [-0.25, -0.2) is 9.59 Å². The molecule has 7 heteroatoms. The number of ether oxygens (including phenoxy) is 1. The highest BCUT2D eigenvalue weighted by atomic mass is 32.1. The summed E-state index contributed by atoms with van der Waals surface area (Å²) in [5, 5.41) is 5.31. The Balaban J connectivity index is 2.12. The summed E-state index contributed by atoms with van der Waals surface area (Å²) in [4.78, 5) is 35.4. The van der Waals surface area contributed by atoms with E-state index in [9.17, 15) is 14.4 Å². The number of amides is 3. The fourth-order valence-corrected chi connectivity index (χ4v) is 3.00. The molecule has 0 aliphatic heterocycles. The Kier molecular flexibility index (Phi) is 4.77. The molecule has 0 spiro atoms. The van der Waals surface area contributed by atoms with Gasteiger partial charge in [-0.1, -0.05) is 18.2 Å². The molecule has 0 fully saturated rings. The van der Waals surface area contributed by atoms with E-state index < -0.39 is 24.0 Å². The summed E-state index contributed by atoms with van der Waals surface area (Å²) < 4.78 is 6.11. The van der Waals surface area contributed by atoms with Gasteiger partial charge in [-0.2, -0.15) is 0 Å². The number of imide groups is 1. The van der Waals surface area contributed by atoms with E-state index in [0.29, 0.717) is 4.88 Å². The van der Waals surface area contributed by atoms with E-state index in [1.807, 2.05) is 31.2 Å². The van der Waals surface area contributed by atoms with Crippen LogP contribution < -0.4 is 10.6 Å². The number of nitrogens with one attached hydrogen (secondary N) is 2. The van der Waals surface area contributed by atoms with Crippen LogP contribution in [0.2, 0.25) is 0 Å². The lowest BCUT2D eigenvalue weighted by molar-refractivity contribution is -0.127. The molecule has 1 aromatic heterocycles. The molecule has 0 aliphatic rings. The molecule has 0 saturated carbocycles. The Morgan fingerprint density at radius 3 is 2.55 bits per heavy atom. The van der Waals surface area contributed by atoms with E-state index in [2.05, 4.69) is 10.6 Å². The fraction of sp³-hybridized carbons (Fsp3) is 0.267. The van der Waals surface area contributed by atoms with Crippen molar-refractivity contribution in [1.29, 1.82) is 0 Å². The Labute approximate surface area is 131 Å². The molecule has 1 aromatic carbocycles. The van der Waals surface area contributed by atoms with Crippen LogP contribution in [-0.4, -0.2) is 31.1 Å². The number of benzene rings is 1. The first-order valence-electron chi connectivity index (χ1n) is 6.65. The van der Waals surface area contributed by atoms with Gasteiger partial charge in [-0.05, 0) is 30.9 Å². The minimum atomic E-state index is -1.06. The molecule has 2 rings (SSSR count). The van der Waals surface area contributed by atoms with Crippen molar-refractivity contribution in [2.75, 3.05) is 7.05 Å². The second-order valence-electron chi connectivity index (χ2n) is 4.67. The van der Waals surface area contributed by atoms with Crippen LogP contribution in [0, 0.1) is 6.92 Å². The van der Waals surface area contributed by atoms with Crippen molar-refractivity contribution in [3.63, 3.8) is 0 Å². The van der Waals surface area contributed by atoms with Gasteiger partial charge >= 0.3 is 12.0 Å². The van der Waals surface area contributed by atoms with Gasteiger partial charge in [0.05, 0.1) is 0 Å². The van der Waals surface area contributed by atoms with Gasteiger partial charge in [0, 0.05) is 11.7 Å². The van der Waals surface area contributed by atoms with Gasteiger partial charge in [0.15, 0.2) is 6.10 Å². The molecule has 22 heavy (non-hydrogen) atoms. The molecule has 1 atom stereocenters. The Morgan fingerprint density at radius 2 is 1.91 bits per heavy atom. The molecule has 2 N–H and O–H groups in total. The van der Waals surface area contributed by atoms with E-state index in [4.69, 9.17) is 4.74 Å². The molecule has 1 heterocycles. The summed E-state index contributed by atoms with van der Waals surface area (Å²) >= 11 is 1.32. The third-order valence-corrected chi connectivity index (χ3v) is 4.40. The molecule has 0 bridgehead atoms. The van der Waals surface area contributed by atoms with Gasteiger partial charge in [-0.15, -0.1) is 11.3 Å². The second kappa shape index (κ2) is 6.57. The van der Waals surface area contributed by atoms with Crippen LogP contribution in [0.25, 0.3) is 10.1 Å². The quantitative estimate of drug-likeness (QED) is 0.849. The molecule has 0 aliphatic carbocycles. The number of fused-ring (bicyclic) bond motifs is 1. The Bertz CT molecular complexity index is 738. The van der Waals surface area contributed by atoms with E-state index in [1.165, 1.54) is 25.3 Å².